The molecule has 1 aliphatic heterocycles. The number of hydrogen-bond acceptors (Lipinski definition) is 1. The van der Waals surface area contributed by atoms with E-state index in [2.05, 4.69) is 64.0 Å². The zero-order valence-corrected chi connectivity index (χ0v) is 13.9. The van der Waals surface area contributed by atoms with Gasteiger partial charge in [0.25, 0.3) is 0 Å². The number of anilines is 1. The molecule has 0 saturated carbocycles. The van der Waals surface area contributed by atoms with Crippen LogP contribution in [0.2, 0.25) is 0 Å². The Morgan fingerprint density at radius 1 is 1.28 bits per heavy atom. The third-order valence-corrected chi connectivity index (χ3v) is 5.67. The summed E-state index contributed by atoms with van der Waals surface area (Å²) in [6.45, 7) is 6.70. The van der Waals surface area contributed by atoms with Crippen molar-refractivity contribution < 1.29 is 4.79 Å². The fraction of sp³-hybridized carbons (Fsp3) is 0.500. The molecule has 2 unspecified atom stereocenters. The summed E-state index contributed by atoms with van der Waals surface area (Å²) in [7, 11) is 0. The van der Waals surface area contributed by atoms with Gasteiger partial charge in [-0.2, -0.15) is 0 Å². The molecule has 1 aromatic carbocycles. The van der Waals surface area contributed by atoms with Gasteiger partial charge in [-0.05, 0) is 29.0 Å². The Bertz CT molecular complexity index is 485. The monoisotopic (exact) mass is 373 g/mol. The Balaban J connectivity index is 2.35. The van der Waals surface area contributed by atoms with E-state index in [9.17, 15) is 4.79 Å². The van der Waals surface area contributed by atoms with Crippen LogP contribution in [0.5, 0.6) is 0 Å². The van der Waals surface area contributed by atoms with Crippen molar-refractivity contribution >= 4 is 43.5 Å². The first-order valence-corrected chi connectivity index (χ1v) is 7.87. The van der Waals surface area contributed by atoms with E-state index in [1.807, 2.05) is 6.07 Å². The molecule has 0 saturated heterocycles. The van der Waals surface area contributed by atoms with E-state index in [4.69, 9.17) is 0 Å². The summed E-state index contributed by atoms with van der Waals surface area (Å²) in [5.74, 6) is 1.22. The third kappa shape index (κ3) is 2.64. The molecule has 1 amide bonds. The van der Waals surface area contributed by atoms with Gasteiger partial charge in [0.15, 0.2) is 0 Å². The Kier molecular flexibility index (Phi) is 4.17. The fourth-order valence-electron chi connectivity index (χ4n) is 2.10. The Morgan fingerprint density at radius 2 is 1.94 bits per heavy atom. The van der Waals surface area contributed by atoms with Crippen molar-refractivity contribution in [3.8, 4) is 0 Å². The molecule has 0 fully saturated rings. The number of hydrogen-bond donors (Lipinski definition) is 1. The predicted molar refractivity (Wildman–Crippen MR) is 82.1 cm³/mol. The molecule has 98 valence electrons. The SMILES string of the molecule is CC(C)C(C)C(Br)c1cc2c(cc1Br)NC(=O)C2. The summed E-state index contributed by atoms with van der Waals surface area (Å²) in [6.07, 6.45) is 0.491. The molecule has 2 atom stereocenters. The molecule has 18 heavy (non-hydrogen) atoms. The average molecular weight is 375 g/mol. The molecular formula is C14H17Br2NO. The quantitative estimate of drug-likeness (QED) is 0.765. The van der Waals surface area contributed by atoms with Crippen molar-refractivity contribution in [1.82, 2.24) is 0 Å². The molecule has 0 bridgehead atoms. The molecule has 1 N–H and O–H groups in total. The van der Waals surface area contributed by atoms with Crippen LogP contribution < -0.4 is 5.32 Å². The summed E-state index contributed by atoms with van der Waals surface area (Å²) in [5, 5.41) is 2.87. The minimum atomic E-state index is 0.0806. The van der Waals surface area contributed by atoms with Crippen LogP contribution in [0.25, 0.3) is 0 Å². The van der Waals surface area contributed by atoms with Crippen LogP contribution in [-0.2, 0) is 11.2 Å². The van der Waals surface area contributed by atoms with E-state index < -0.39 is 0 Å². The van der Waals surface area contributed by atoms with Crippen molar-refractivity contribution in [2.75, 3.05) is 5.32 Å². The van der Waals surface area contributed by atoms with Crippen LogP contribution >= 0.6 is 31.9 Å². The van der Waals surface area contributed by atoms with Crippen molar-refractivity contribution in [2.24, 2.45) is 11.8 Å². The van der Waals surface area contributed by atoms with E-state index in [1.165, 1.54) is 5.56 Å². The number of fused-ring (bicyclic) bond motifs is 1. The number of benzene rings is 1. The van der Waals surface area contributed by atoms with E-state index in [0.29, 0.717) is 23.1 Å². The van der Waals surface area contributed by atoms with E-state index >= 15 is 0 Å². The number of amides is 1. The highest BCUT2D eigenvalue weighted by atomic mass is 79.9. The first-order valence-electron chi connectivity index (χ1n) is 6.16. The molecule has 0 radical (unpaired) electrons. The van der Waals surface area contributed by atoms with Gasteiger partial charge in [-0.3, -0.25) is 4.79 Å². The van der Waals surface area contributed by atoms with Crippen LogP contribution in [0.1, 0.15) is 36.7 Å². The lowest BCUT2D eigenvalue weighted by Crippen LogP contribution is -2.11. The standard InChI is InChI=1S/C14H17Br2NO/c1-7(2)8(3)14(16)10-4-9-5-13(18)17-12(9)6-11(10)15/h4,6-8,14H,5H2,1-3H3,(H,17,18). The highest BCUT2D eigenvalue weighted by molar-refractivity contribution is 9.11. The molecule has 2 nitrogen and oxygen atoms in total. The van der Waals surface area contributed by atoms with Crippen LogP contribution in [0.4, 0.5) is 5.69 Å². The van der Waals surface area contributed by atoms with Gasteiger partial charge in [0.2, 0.25) is 5.91 Å². The van der Waals surface area contributed by atoms with Crippen LogP contribution in [-0.4, -0.2) is 5.91 Å². The second-order valence-corrected chi connectivity index (χ2v) is 7.10. The molecule has 0 aliphatic carbocycles. The van der Waals surface area contributed by atoms with Crippen LogP contribution in [0.3, 0.4) is 0 Å². The van der Waals surface area contributed by atoms with E-state index in [-0.39, 0.29) is 5.91 Å². The molecule has 0 aromatic heterocycles. The zero-order valence-electron chi connectivity index (χ0n) is 10.8. The Hall–Kier alpha value is -0.350. The number of rotatable bonds is 3. The summed E-state index contributed by atoms with van der Waals surface area (Å²) < 4.78 is 1.05. The van der Waals surface area contributed by atoms with Gasteiger partial charge < -0.3 is 5.32 Å². The lowest BCUT2D eigenvalue weighted by molar-refractivity contribution is -0.115. The molecule has 1 heterocycles. The largest absolute Gasteiger partial charge is 0.325 e. The fourth-order valence-corrected chi connectivity index (χ4v) is 3.99. The first-order chi connectivity index (χ1) is 8.40. The third-order valence-electron chi connectivity index (χ3n) is 3.66. The van der Waals surface area contributed by atoms with Crippen molar-refractivity contribution in [2.45, 2.75) is 32.0 Å². The number of halogens is 2. The molecule has 2 rings (SSSR count). The number of nitrogens with one attached hydrogen (secondary N) is 1. The first kappa shape index (κ1) is 14.1. The van der Waals surface area contributed by atoms with E-state index in [0.717, 1.165) is 15.7 Å². The van der Waals surface area contributed by atoms with Gasteiger partial charge in [0, 0.05) is 15.0 Å². The minimum absolute atomic E-state index is 0.0806. The lowest BCUT2D eigenvalue weighted by atomic mass is 9.90. The minimum Gasteiger partial charge on any atom is -0.325 e. The number of carbonyl (C=O) groups excluding carboxylic acids is 1. The van der Waals surface area contributed by atoms with Crippen LogP contribution in [0.15, 0.2) is 16.6 Å². The molecule has 0 spiro atoms. The summed E-state index contributed by atoms with van der Waals surface area (Å²) in [5.41, 5.74) is 3.26. The van der Waals surface area contributed by atoms with Gasteiger partial charge in [-0.1, -0.05) is 58.7 Å². The zero-order chi connectivity index (χ0) is 13.4. The maximum Gasteiger partial charge on any atom is 0.228 e. The normalized spacial score (nSPS) is 17.6. The lowest BCUT2D eigenvalue weighted by Gasteiger charge is -2.23. The molecule has 4 heteroatoms. The Morgan fingerprint density at radius 3 is 2.56 bits per heavy atom. The molecule has 1 aliphatic rings. The second-order valence-electron chi connectivity index (χ2n) is 5.26. The second kappa shape index (κ2) is 5.33. The van der Waals surface area contributed by atoms with Gasteiger partial charge in [-0.25, -0.2) is 0 Å². The van der Waals surface area contributed by atoms with Crippen molar-refractivity contribution in [3.05, 3.63) is 27.7 Å². The van der Waals surface area contributed by atoms with Gasteiger partial charge in [-0.15, -0.1) is 0 Å². The average Bonchev–Trinajstić information content (AvgIpc) is 2.65. The van der Waals surface area contributed by atoms with Gasteiger partial charge in [0.1, 0.15) is 0 Å². The van der Waals surface area contributed by atoms with Crippen LogP contribution in [0, 0.1) is 11.8 Å². The summed E-state index contributed by atoms with van der Waals surface area (Å²) in [4.78, 5) is 11.7. The topological polar surface area (TPSA) is 29.1 Å². The highest BCUT2D eigenvalue weighted by Gasteiger charge is 2.25. The smallest absolute Gasteiger partial charge is 0.228 e. The maximum absolute atomic E-state index is 11.4. The van der Waals surface area contributed by atoms with Crippen molar-refractivity contribution in [3.63, 3.8) is 0 Å². The maximum atomic E-state index is 11.4. The number of alkyl halides is 1. The number of carbonyl (C=O) groups is 1. The predicted octanol–water partition coefficient (Wildman–Crippen LogP) is 4.67. The Labute approximate surface area is 125 Å². The summed E-state index contributed by atoms with van der Waals surface area (Å²) >= 11 is 7.40. The molecule has 1 aromatic rings. The van der Waals surface area contributed by atoms with Crippen molar-refractivity contribution in [1.29, 1.82) is 0 Å². The van der Waals surface area contributed by atoms with E-state index in [1.54, 1.807) is 0 Å². The van der Waals surface area contributed by atoms with Gasteiger partial charge >= 0.3 is 0 Å². The molecular weight excluding hydrogens is 358 g/mol. The highest BCUT2D eigenvalue weighted by Crippen LogP contribution is 2.41. The van der Waals surface area contributed by atoms with Gasteiger partial charge in [0.05, 0.1) is 6.42 Å². The summed E-state index contributed by atoms with van der Waals surface area (Å²) in [6, 6.07) is 4.15.